The quantitative estimate of drug-likeness (QED) is 0.646. The summed E-state index contributed by atoms with van der Waals surface area (Å²) in [5.41, 5.74) is 4.08. The van der Waals surface area contributed by atoms with E-state index in [0.717, 1.165) is 63.4 Å². The molecule has 1 fully saturated rings. The first-order valence-corrected chi connectivity index (χ1v) is 12.0. The second-order valence-corrected chi connectivity index (χ2v) is 8.84. The Balaban J connectivity index is 1.45. The smallest absolute Gasteiger partial charge is 0.257 e. The molecule has 0 saturated carbocycles. The summed E-state index contributed by atoms with van der Waals surface area (Å²) in [6, 6.07) is 18.4. The molecule has 0 bridgehead atoms. The Morgan fingerprint density at radius 3 is 2.58 bits per heavy atom. The monoisotopic (exact) mass is 441 g/mol. The second kappa shape index (κ2) is 9.71. The lowest BCUT2D eigenvalue weighted by atomic mass is 9.87. The van der Waals surface area contributed by atoms with Crippen LogP contribution in [-0.2, 0) is 6.42 Å². The van der Waals surface area contributed by atoms with Crippen LogP contribution in [0.15, 0.2) is 60.8 Å². The number of carbonyl (C=O) groups excluding carboxylic acids is 1. The fourth-order valence-electron chi connectivity index (χ4n) is 4.92. The number of anilines is 1. The lowest BCUT2D eigenvalue weighted by molar-refractivity contribution is 0.0932. The molecule has 1 saturated heterocycles. The van der Waals surface area contributed by atoms with Crippen LogP contribution in [0.4, 0.5) is 5.82 Å². The van der Waals surface area contributed by atoms with Crippen molar-refractivity contribution in [2.75, 3.05) is 37.6 Å². The SMILES string of the molecule is CCN1CCN(c2nc(-c3ccccc3)ncc2C(=O)NC2CCCc3ccccc32)CC1. The average molecular weight is 442 g/mol. The van der Waals surface area contributed by atoms with Gasteiger partial charge in [0.15, 0.2) is 5.82 Å². The van der Waals surface area contributed by atoms with Crippen molar-refractivity contribution in [3.63, 3.8) is 0 Å². The molecule has 0 spiro atoms. The van der Waals surface area contributed by atoms with Crippen LogP contribution in [0.3, 0.4) is 0 Å². The van der Waals surface area contributed by atoms with Crippen LogP contribution in [0.1, 0.15) is 47.3 Å². The van der Waals surface area contributed by atoms with Crippen LogP contribution >= 0.6 is 0 Å². The summed E-state index contributed by atoms with van der Waals surface area (Å²) >= 11 is 0. The van der Waals surface area contributed by atoms with Crippen molar-refractivity contribution in [2.24, 2.45) is 0 Å². The van der Waals surface area contributed by atoms with E-state index in [0.29, 0.717) is 11.4 Å². The Morgan fingerprint density at radius 1 is 1.03 bits per heavy atom. The molecule has 3 aromatic rings. The molecule has 1 aromatic heterocycles. The van der Waals surface area contributed by atoms with Crippen molar-refractivity contribution in [1.82, 2.24) is 20.2 Å². The van der Waals surface area contributed by atoms with Crippen LogP contribution in [0.25, 0.3) is 11.4 Å². The molecule has 170 valence electrons. The highest BCUT2D eigenvalue weighted by Gasteiger charge is 2.27. The van der Waals surface area contributed by atoms with Crippen LogP contribution in [0, 0.1) is 0 Å². The third-order valence-electron chi connectivity index (χ3n) is 6.84. The van der Waals surface area contributed by atoms with Gasteiger partial charge in [-0.05, 0) is 36.9 Å². The number of nitrogens with one attached hydrogen (secondary N) is 1. The highest BCUT2D eigenvalue weighted by Crippen LogP contribution is 2.31. The Labute approximate surface area is 195 Å². The summed E-state index contributed by atoms with van der Waals surface area (Å²) in [5, 5.41) is 3.29. The molecule has 1 atom stereocenters. The third-order valence-corrected chi connectivity index (χ3v) is 6.84. The molecule has 6 nitrogen and oxygen atoms in total. The van der Waals surface area contributed by atoms with E-state index in [1.165, 1.54) is 11.1 Å². The molecule has 1 aliphatic heterocycles. The fourth-order valence-corrected chi connectivity index (χ4v) is 4.92. The topological polar surface area (TPSA) is 61.4 Å². The summed E-state index contributed by atoms with van der Waals surface area (Å²) in [5.74, 6) is 1.30. The first kappa shape index (κ1) is 21.6. The molecule has 2 aromatic carbocycles. The van der Waals surface area contributed by atoms with E-state index in [-0.39, 0.29) is 11.9 Å². The van der Waals surface area contributed by atoms with Gasteiger partial charge in [-0.15, -0.1) is 0 Å². The van der Waals surface area contributed by atoms with E-state index in [1.807, 2.05) is 30.3 Å². The van der Waals surface area contributed by atoms with Gasteiger partial charge in [0.05, 0.1) is 6.04 Å². The number of piperazine rings is 1. The molecular formula is C27H31N5O. The summed E-state index contributed by atoms with van der Waals surface area (Å²) in [7, 11) is 0. The molecule has 1 amide bonds. The number of fused-ring (bicyclic) bond motifs is 1. The Bertz CT molecular complexity index is 1110. The van der Waals surface area contributed by atoms with Gasteiger partial charge in [-0.2, -0.15) is 0 Å². The zero-order valence-corrected chi connectivity index (χ0v) is 19.2. The molecule has 33 heavy (non-hydrogen) atoms. The van der Waals surface area contributed by atoms with E-state index in [2.05, 4.69) is 51.3 Å². The summed E-state index contributed by atoms with van der Waals surface area (Å²) < 4.78 is 0. The maximum Gasteiger partial charge on any atom is 0.257 e. The van der Waals surface area contributed by atoms with Gasteiger partial charge in [-0.3, -0.25) is 4.79 Å². The number of nitrogens with zero attached hydrogens (tertiary/aromatic N) is 4. The molecule has 1 N–H and O–H groups in total. The van der Waals surface area contributed by atoms with Crippen molar-refractivity contribution in [2.45, 2.75) is 32.2 Å². The van der Waals surface area contributed by atoms with Gasteiger partial charge >= 0.3 is 0 Å². The van der Waals surface area contributed by atoms with Crippen molar-refractivity contribution in [3.05, 3.63) is 77.5 Å². The van der Waals surface area contributed by atoms with Gasteiger partial charge in [-0.25, -0.2) is 9.97 Å². The zero-order chi connectivity index (χ0) is 22.6. The van der Waals surface area contributed by atoms with Crippen molar-refractivity contribution in [1.29, 1.82) is 0 Å². The lowest BCUT2D eigenvalue weighted by Gasteiger charge is -2.35. The molecule has 5 rings (SSSR count). The molecule has 1 aliphatic carbocycles. The Hall–Kier alpha value is -3.25. The molecule has 0 radical (unpaired) electrons. The minimum atomic E-state index is -0.0933. The minimum Gasteiger partial charge on any atom is -0.353 e. The van der Waals surface area contributed by atoms with Gasteiger partial charge in [0.25, 0.3) is 5.91 Å². The van der Waals surface area contributed by atoms with E-state index >= 15 is 0 Å². The second-order valence-electron chi connectivity index (χ2n) is 8.84. The van der Waals surface area contributed by atoms with Gasteiger partial charge in [0, 0.05) is 37.9 Å². The maximum atomic E-state index is 13.5. The number of hydrogen-bond acceptors (Lipinski definition) is 5. The normalized spacial score (nSPS) is 18.6. The summed E-state index contributed by atoms with van der Waals surface area (Å²) in [4.78, 5) is 27.7. The number of likely N-dealkylation sites (N-methyl/N-ethyl adjacent to an activating group) is 1. The van der Waals surface area contributed by atoms with Crippen molar-refractivity contribution in [3.8, 4) is 11.4 Å². The first-order valence-electron chi connectivity index (χ1n) is 12.0. The standard InChI is InChI=1S/C27H31N5O/c1-2-31-15-17-32(18-16-31)26-23(19-28-25(30-26)21-10-4-3-5-11-21)27(33)29-24-14-8-12-20-9-6-7-13-22(20)24/h3-7,9-11,13,19,24H,2,8,12,14-18H2,1H3,(H,29,33). The number of hydrogen-bond donors (Lipinski definition) is 1. The van der Waals surface area contributed by atoms with Gasteiger partial charge in [0.1, 0.15) is 11.4 Å². The van der Waals surface area contributed by atoms with Crippen LogP contribution < -0.4 is 10.2 Å². The van der Waals surface area contributed by atoms with Gasteiger partial charge in [-0.1, -0.05) is 61.5 Å². The number of amides is 1. The fraction of sp³-hybridized carbons (Fsp3) is 0.370. The van der Waals surface area contributed by atoms with E-state index < -0.39 is 0 Å². The van der Waals surface area contributed by atoms with Crippen LogP contribution in [0.2, 0.25) is 0 Å². The van der Waals surface area contributed by atoms with Crippen LogP contribution in [-0.4, -0.2) is 53.5 Å². The maximum absolute atomic E-state index is 13.5. The lowest BCUT2D eigenvalue weighted by Crippen LogP contribution is -2.47. The number of carbonyl (C=O) groups is 1. The number of rotatable bonds is 5. The van der Waals surface area contributed by atoms with Gasteiger partial charge in [0.2, 0.25) is 0 Å². The highest BCUT2D eigenvalue weighted by molar-refractivity contribution is 5.99. The Kier molecular flexibility index (Phi) is 6.35. The first-order chi connectivity index (χ1) is 16.2. The van der Waals surface area contributed by atoms with Gasteiger partial charge < -0.3 is 15.1 Å². The largest absolute Gasteiger partial charge is 0.353 e. The van der Waals surface area contributed by atoms with E-state index in [1.54, 1.807) is 6.20 Å². The predicted octanol–water partition coefficient (Wildman–Crippen LogP) is 4.09. The summed E-state index contributed by atoms with van der Waals surface area (Å²) in [6.45, 7) is 6.88. The third kappa shape index (κ3) is 4.62. The molecule has 1 unspecified atom stereocenters. The molecule has 6 heteroatoms. The minimum absolute atomic E-state index is 0.0287. The number of benzene rings is 2. The van der Waals surface area contributed by atoms with Crippen LogP contribution in [0.5, 0.6) is 0 Å². The van der Waals surface area contributed by atoms with Crippen molar-refractivity contribution >= 4 is 11.7 Å². The van der Waals surface area contributed by atoms with Crippen molar-refractivity contribution < 1.29 is 4.79 Å². The Morgan fingerprint density at radius 2 is 1.79 bits per heavy atom. The molecule has 2 aliphatic rings. The molecular weight excluding hydrogens is 410 g/mol. The van der Waals surface area contributed by atoms with E-state index in [9.17, 15) is 4.79 Å². The van der Waals surface area contributed by atoms with E-state index in [4.69, 9.17) is 4.98 Å². The number of aryl methyl sites for hydroxylation is 1. The molecule has 2 heterocycles. The highest BCUT2D eigenvalue weighted by atomic mass is 16.1. The zero-order valence-electron chi connectivity index (χ0n) is 19.2. The predicted molar refractivity (Wildman–Crippen MR) is 131 cm³/mol. The average Bonchev–Trinajstić information content (AvgIpc) is 2.89. The summed E-state index contributed by atoms with van der Waals surface area (Å²) in [6.07, 6.45) is 4.82. The number of aromatic nitrogens is 2.